The van der Waals surface area contributed by atoms with E-state index in [0.29, 0.717) is 31.0 Å². The Hall–Kier alpha value is -2.65. The van der Waals surface area contributed by atoms with Gasteiger partial charge in [-0.3, -0.25) is 4.98 Å². The van der Waals surface area contributed by atoms with E-state index in [1.54, 1.807) is 4.90 Å². The Labute approximate surface area is 165 Å². The second-order valence-electron chi connectivity index (χ2n) is 6.91. The number of nitrogens with zero attached hydrogens (tertiary/aromatic N) is 2. The summed E-state index contributed by atoms with van der Waals surface area (Å²) in [6.45, 7) is 0.230. The summed E-state index contributed by atoms with van der Waals surface area (Å²) in [4.78, 5) is 4.97. The third kappa shape index (κ3) is 3.44. The number of aromatic nitrogens is 1. The smallest absolute Gasteiger partial charge is 0.210 e. The van der Waals surface area contributed by atoms with Crippen LogP contribution in [0, 0.1) is 17.5 Å². The second-order valence-corrected chi connectivity index (χ2v) is 8.83. The Balaban J connectivity index is 2.02. The van der Waals surface area contributed by atoms with Crippen molar-refractivity contribution >= 4 is 26.4 Å². The summed E-state index contributed by atoms with van der Waals surface area (Å²) in [5.74, 6) is -2.63. The Morgan fingerprint density at radius 1 is 1.07 bits per heavy atom. The van der Waals surface area contributed by atoms with Gasteiger partial charge in [0.25, 0.3) is 0 Å². The number of halogens is 3. The highest BCUT2D eigenvalue weighted by molar-refractivity contribution is 7.91. The summed E-state index contributed by atoms with van der Waals surface area (Å²) >= 11 is 0. The highest BCUT2D eigenvalue weighted by atomic mass is 32.2. The zero-order chi connectivity index (χ0) is 20.8. The van der Waals surface area contributed by atoms with E-state index in [9.17, 15) is 26.7 Å². The average Bonchev–Trinajstić information content (AvgIpc) is 3.14. The van der Waals surface area contributed by atoms with E-state index in [-0.39, 0.29) is 28.6 Å². The van der Waals surface area contributed by atoms with Gasteiger partial charge in [-0.25, -0.2) is 21.6 Å². The molecule has 0 bridgehead atoms. The zero-order valence-corrected chi connectivity index (χ0v) is 16.0. The van der Waals surface area contributed by atoms with Crippen LogP contribution in [-0.2, 0) is 9.84 Å². The van der Waals surface area contributed by atoms with Gasteiger partial charge in [-0.05, 0) is 43.2 Å². The van der Waals surface area contributed by atoms with E-state index in [0.717, 1.165) is 18.3 Å². The first kappa shape index (κ1) is 19.7. The molecular formula is C20H17F3N2O3S. The number of anilines is 1. The largest absolute Gasteiger partial charge is 0.394 e. The molecule has 5 nitrogen and oxygen atoms in total. The lowest BCUT2D eigenvalue weighted by atomic mass is 10.1. The van der Waals surface area contributed by atoms with Gasteiger partial charge in [-0.2, -0.15) is 0 Å². The highest BCUT2D eigenvalue weighted by Crippen LogP contribution is 2.39. The monoisotopic (exact) mass is 422 g/mol. The number of rotatable bonds is 4. The van der Waals surface area contributed by atoms with Crippen molar-refractivity contribution in [3.05, 3.63) is 60.0 Å². The Morgan fingerprint density at radius 2 is 1.79 bits per heavy atom. The van der Waals surface area contributed by atoms with Crippen LogP contribution in [0.2, 0.25) is 0 Å². The first-order chi connectivity index (χ1) is 13.8. The first-order valence-corrected chi connectivity index (χ1v) is 10.5. The minimum absolute atomic E-state index is 0.177. The first-order valence-electron chi connectivity index (χ1n) is 8.98. The van der Waals surface area contributed by atoms with E-state index in [1.807, 2.05) is 0 Å². The summed E-state index contributed by atoms with van der Waals surface area (Å²) in [5, 5.41) is 9.98. The lowest BCUT2D eigenvalue weighted by molar-refractivity contribution is 0.266. The van der Waals surface area contributed by atoms with Crippen LogP contribution in [0.25, 0.3) is 10.9 Å². The Morgan fingerprint density at radius 3 is 2.48 bits per heavy atom. The molecule has 1 aliphatic rings. The number of aliphatic hydroxyl groups excluding tert-OH is 1. The van der Waals surface area contributed by atoms with Crippen LogP contribution >= 0.6 is 0 Å². The minimum Gasteiger partial charge on any atom is -0.394 e. The fourth-order valence-electron chi connectivity index (χ4n) is 3.76. The number of aliphatic hydroxyl groups is 1. The number of pyridine rings is 1. The molecule has 29 heavy (non-hydrogen) atoms. The SMILES string of the molecule is O=S(=O)(c1cc(F)cc(F)c1)c1cnc2ccc(F)cc2c1N1CCCC1CO. The predicted molar refractivity (Wildman–Crippen MR) is 101 cm³/mol. The number of sulfone groups is 1. The number of benzene rings is 2. The van der Waals surface area contributed by atoms with Crippen molar-refractivity contribution in [3.8, 4) is 0 Å². The molecule has 152 valence electrons. The summed E-state index contributed by atoms with van der Waals surface area (Å²) in [6, 6.07) is 5.49. The van der Waals surface area contributed by atoms with Crippen molar-refractivity contribution in [3.63, 3.8) is 0 Å². The quantitative estimate of drug-likeness (QED) is 0.698. The van der Waals surface area contributed by atoms with Crippen molar-refractivity contribution in [1.29, 1.82) is 0 Å². The van der Waals surface area contributed by atoms with Crippen LogP contribution in [0.1, 0.15) is 12.8 Å². The molecule has 0 spiro atoms. The number of hydrogen-bond donors (Lipinski definition) is 1. The summed E-state index contributed by atoms with van der Waals surface area (Å²) < 4.78 is 67.9. The van der Waals surface area contributed by atoms with Gasteiger partial charge < -0.3 is 10.0 Å². The standard InChI is InChI=1S/C20H17F3N2O3S/c21-12-3-4-18-17(9-12)20(25-5-1-2-15(25)11-26)19(10-24-18)29(27,28)16-7-13(22)6-14(23)8-16/h3-4,6-10,15,26H,1-2,5,11H2. The molecule has 9 heteroatoms. The summed E-state index contributed by atoms with van der Waals surface area (Å²) in [5.41, 5.74) is 0.546. The topological polar surface area (TPSA) is 70.5 Å². The molecule has 0 aliphatic carbocycles. The molecule has 2 aromatic carbocycles. The van der Waals surface area contributed by atoms with E-state index in [4.69, 9.17) is 0 Å². The van der Waals surface area contributed by atoms with Crippen LogP contribution in [-0.4, -0.2) is 37.7 Å². The molecule has 0 amide bonds. The van der Waals surface area contributed by atoms with Crippen LogP contribution < -0.4 is 4.90 Å². The fourth-order valence-corrected chi connectivity index (χ4v) is 5.22. The van der Waals surface area contributed by atoms with E-state index >= 15 is 0 Å². The van der Waals surface area contributed by atoms with Crippen molar-refractivity contribution < 1.29 is 26.7 Å². The van der Waals surface area contributed by atoms with Gasteiger partial charge >= 0.3 is 0 Å². The van der Waals surface area contributed by atoms with Gasteiger partial charge in [0.15, 0.2) is 0 Å². The van der Waals surface area contributed by atoms with Crippen molar-refractivity contribution in [2.75, 3.05) is 18.1 Å². The fraction of sp³-hybridized carbons (Fsp3) is 0.250. The lowest BCUT2D eigenvalue weighted by Gasteiger charge is -2.28. The molecule has 0 saturated carbocycles. The van der Waals surface area contributed by atoms with Crippen molar-refractivity contribution in [1.82, 2.24) is 4.98 Å². The van der Waals surface area contributed by atoms with Gasteiger partial charge in [0.1, 0.15) is 22.3 Å². The zero-order valence-electron chi connectivity index (χ0n) is 15.1. The normalized spacial score (nSPS) is 17.2. The summed E-state index contributed by atoms with van der Waals surface area (Å²) in [6.07, 6.45) is 2.45. The van der Waals surface area contributed by atoms with Crippen molar-refractivity contribution in [2.45, 2.75) is 28.7 Å². The van der Waals surface area contributed by atoms with E-state index < -0.39 is 32.2 Å². The molecule has 2 heterocycles. The van der Waals surface area contributed by atoms with Gasteiger partial charge in [-0.15, -0.1) is 0 Å². The minimum atomic E-state index is -4.38. The molecule has 1 aliphatic heterocycles. The highest BCUT2D eigenvalue weighted by Gasteiger charge is 2.33. The molecule has 1 fully saturated rings. The maximum absolute atomic E-state index is 14.0. The molecule has 1 N–H and O–H groups in total. The van der Waals surface area contributed by atoms with Gasteiger partial charge in [0, 0.05) is 24.2 Å². The molecule has 4 rings (SSSR count). The van der Waals surface area contributed by atoms with Gasteiger partial charge in [0.05, 0.1) is 28.7 Å². The van der Waals surface area contributed by atoms with Crippen molar-refractivity contribution in [2.24, 2.45) is 0 Å². The third-order valence-corrected chi connectivity index (χ3v) is 6.81. The molecule has 3 aromatic rings. The lowest BCUT2D eigenvalue weighted by Crippen LogP contribution is -2.33. The van der Waals surface area contributed by atoms with E-state index in [1.165, 1.54) is 18.2 Å². The maximum Gasteiger partial charge on any atom is 0.210 e. The second kappa shape index (κ2) is 7.31. The average molecular weight is 422 g/mol. The molecule has 1 unspecified atom stereocenters. The van der Waals surface area contributed by atoms with Crippen LogP contribution in [0.3, 0.4) is 0 Å². The Kier molecular flexibility index (Phi) is 4.95. The number of hydrogen-bond acceptors (Lipinski definition) is 5. The van der Waals surface area contributed by atoms with Gasteiger partial charge in [0.2, 0.25) is 9.84 Å². The predicted octanol–water partition coefficient (Wildman–Crippen LogP) is 3.45. The Bertz CT molecular complexity index is 1180. The number of fused-ring (bicyclic) bond motifs is 1. The summed E-state index contributed by atoms with van der Waals surface area (Å²) in [7, 11) is -4.38. The van der Waals surface area contributed by atoms with Crippen LogP contribution in [0.4, 0.5) is 18.9 Å². The van der Waals surface area contributed by atoms with E-state index in [2.05, 4.69) is 4.98 Å². The molecule has 1 atom stereocenters. The third-order valence-electron chi connectivity index (χ3n) is 5.08. The molecule has 1 saturated heterocycles. The molecular weight excluding hydrogens is 405 g/mol. The van der Waals surface area contributed by atoms with Crippen LogP contribution in [0.15, 0.2) is 52.4 Å². The van der Waals surface area contributed by atoms with Crippen LogP contribution in [0.5, 0.6) is 0 Å². The molecule has 0 radical (unpaired) electrons. The maximum atomic E-state index is 14.0. The molecule has 1 aromatic heterocycles. The van der Waals surface area contributed by atoms with Gasteiger partial charge in [-0.1, -0.05) is 0 Å².